The number of benzene rings is 1. The lowest BCUT2D eigenvalue weighted by atomic mass is 9.97. The Hall–Kier alpha value is -0.340. The highest BCUT2D eigenvalue weighted by molar-refractivity contribution is 9.10. The van der Waals surface area contributed by atoms with Crippen molar-refractivity contribution < 1.29 is 0 Å². The average molecular weight is 310 g/mol. The fraction of sp³-hybridized carbons (Fsp3) is 0.625. The summed E-state index contributed by atoms with van der Waals surface area (Å²) in [6.45, 7) is 8.14. The third-order valence-corrected chi connectivity index (χ3v) is 4.90. The fourth-order valence-electron chi connectivity index (χ4n) is 2.78. The van der Waals surface area contributed by atoms with Gasteiger partial charge in [0.2, 0.25) is 0 Å². The summed E-state index contributed by atoms with van der Waals surface area (Å²) in [5.41, 5.74) is 1.96. The molecule has 1 aromatic carbocycles. The van der Waals surface area contributed by atoms with Crippen LogP contribution in [0.3, 0.4) is 0 Å². The molecule has 0 aromatic heterocycles. The van der Waals surface area contributed by atoms with Crippen LogP contribution in [0.25, 0.3) is 0 Å². The van der Waals surface area contributed by atoms with Crippen LogP contribution in [0.4, 0.5) is 0 Å². The highest BCUT2D eigenvalue weighted by atomic mass is 79.9. The first kappa shape index (κ1) is 14.1. The summed E-state index contributed by atoms with van der Waals surface area (Å²) in [4.78, 5) is 0. The minimum absolute atomic E-state index is 0.534. The van der Waals surface area contributed by atoms with Crippen LogP contribution in [0.2, 0.25) is 0 Å². The molecule has 1 aromatic rings. The Morgan fingerprint density at radius 1 is 1.39 bits per heavy atom. The van der Waals surface area contributed by atoms with E-state index in [-0.39, 0.29) is 0 Å². The standard InChI is InChI=1S/C16H24BrN/c1-4-9-18-15(13-11-16(13,2)3)10-12-7-5-6-8-14(12)17/h5-8,13,15,18H,4,9-11H2,1-3H3. The van der Waals surface area contributed by atoms with Crippen LogP contribution in [0, 0.1) is 11.3 Å². The molecule has 1 N–H and O–H groups in total. The second-order valence-corrected chi connectivity index (χ2v) is 7.01. The molecule has 0 saturated heterocycles. The zero-order valence-corrected chi connectivity index (χ0v) is 13.3. The van der Waals surface area contributed by atoms with Gasteiger partial charge in [-0.05, 0) is 48.8 Å². The fourth-order valence-corrected chi connectivity index (χ4v) is 3.23. The molecule has 1 nitrogen and oxygen atoms in total. The predicted octanol–water partition coefficient (Wildman–Crippen LogP) is 4.41. The van der Waals surface area contributed by atoms with E-state index in [4.69, 9.17) is 0 Å². The summed E-state index contributed by atoms with van der Waals surface area (Å²) in [5.74, 6) is 0.830. The Labute approximate surface area is 119 Å². The van der Waals surface area contributed by atoms with E-state index < -0.39 is 0 Å². The van der Waals surface area contributed by atoms with Gasteiger partial charge in [0.15, 0.2) is 0 Å². The van der Waals surface area contributed by atoms with Gasteiger partial charge < -0.3 is 5.32 Å². The zero-order chi connectivity index (χ0) is 13.2. The Bertz CT molecular complexity index is 400. The highest BCUT2D eigenvalue weighted by Gasteiger charge is 2.49. The van der Waals surface area contributed by atoms with Crippen molar-refractivity contribution in [1.82, 2.24) is 5.32 Å². The van der Waals surface area contributed by atoms with E-state index in [1.807, 2.05) is 0 Å². The van der Waals surface area contributed by atoms with Gasteiger partial charge in [0.25, 0.3) is 0 Å². The molecule has 0 bridgehead atoms. The van der Waals surface area contributed by atoms with E-state index in [1.165, 1.54) is 22.9 Å². The summed E-state index contributed by atoms with van der Waals surface area (Å²) in [6, 6.07) is 9.22. The molecule has 0 aliphatic heterocycles. The van der Waals surface area contributed by atoms with Gasteiger partial charge in [-0.1, -0.05) is 54.9 Å². The van der Waals surface area contributed by atoms with Gasteiger partial charge in [0.05, 0.1) is 0 Å². The molecule has 1 aliphatic carbocycles. The van der Waals surface area contributed by atoms with Gasteiger partial charge in [-0.15, -0.1) is 0 Å². The van der Waals surface area contributed by atoms with E-state index in [2.05, 4.69) is 66.3 Å². The van der Waals surface area contributed by atoms with Crippen LogP contribution in [0.15, 0.2) is 28.7 Å². The van der Waals surface area contributed by atoms with Crippen LogP contribution in [-0.2, 0) is 6.42 Å². The first-order valence-electron chi connectivity index (χ1n) is 7.01. The molecule has 2 unspecified atom stereocenters. The lowest BCUT2D eigenvalue weighted by Crippen LogP contribution is -2.35. The quantitative estimate of drug-likeness (QED) is 0.821. The molecule has 18 heavy (non-hydrogen) atoms. The number of hydrogen-bond acceptors (Lipinski definition) is 1. The zero-order valence-electron chi connectivity index (χ0n) is 11.7. The summed E-state index contributed by atoms with van der Waals surface area (Å²) >= 11 is 3.66. The van der Waals surface area contributed by atoms with Gasteiger partial charge >= 0.3 is 0 Å². The Morgan fingerprint density at radius 3 is 2.61 bits per heavy atom. The molecule has 1 saturated carbocycles. The predicted molar refractivity (Wildman–Crippen MR) is 81.8 cm³/mol. The van der Waals surface area contributed by atoms with Crippen molar-refractivity contribution in [3.05, 3.63) is 34.3 Å². The molecule has 100 valence electrons. The number of hydrogen-bond donors (Lipinski definition) is 1. The van der Waals surface area contributed by atoms with Crippen molar-refractivity contribution in [1.29, 1.82) is 0 Å². The summed E-state index contributed by atoms with van der Waals surface area (Å²) in [7, 11) is 0. The largest absolute Gasteiger partial charge is 0.313 e. The number of rotatable bonds is 6. The van der Waals surface area contributed by atoms with Crippen LogP contribution in [0.1, 0.15) is 39.2 Å². The molecule has 1 fully saturated rings. The van der Waals surface area contributed by atoms with Crippen LogP contribution in [0.5, 0.6) is 0 Å². The van der Waals surface area contributed by atoms with Crippen molar-refractivity contribution >= 4 is 15.9 Å². The molecule has 2 atom stereocenters. The SMILES string of the molecule is CCCNC(Cc1ccccc1Br)C1CC1(C)C. The average Bonchev–Trinajstić information content (AvgIpc) is 2.96. The maximum Gasteiger partial charge on any atom is 0.0207 e. The molecular formula is C16H24BrN. The van der Waals surface area contributed by atoms with E-state index in [0.717, 1.165) is 18.9 Å². The molecule has 0 heterocycles. The van der Waals surface area contributed by atoms with Gasteiger partial charge in [0, 0.05) is 10.5 Å². The lowest BCUT2D eigenvalue weighted by Gasteiger charge is -2.21. The Kier molecular flexibility index (Phi) is 4.50. The normalized spacial score (nSPS) is 22.8. The van der Waals surface area contributed by atoms with Crippen molar-refractivity contribution in [2.45, 2.75) is 46.1 Å². The van der Waals surface area contributed by atoms with Gasteiger partial charge in [-0.25, -0.2) is 0 Å². The molecule has 2 heteroatoms. The van der Waals surface area contributed by atoms with Crippen molar-refractivity contribution in [3.8, 4) is 0 Å². The van der Waals surface area contributed by atoms with E-state index in [1.54, 1.807) is 0 Å². The van der Waals surface area contributed by atoms with Crippen LogP contribution >= 0.6 is 15.9 Å². The summed E-state index contributed by atoms with van der Waals surface area (Å²) < 4.78 is 1.24. The van der Waals surface area contributed by atoms with Gasteiger partial charge in [0.1, 0.15) is 0 Å². The van der Waals surface area contributed by atoms with E-state index in [0.29, 0.717) is 11.5 Å². The molecule has 2 rings (SSSR count). The van der Waals surface area contributed by atoms with Crippen molar-refractivity contribution in [2.24, 2.45) is 11.3 Å². The first-order valence-corrected chi connectivity index (χ1v) is 7.80. The lowest BCUT2D eigenvalue weighted by molar-refractivity contribution is 0.402. The molecule has 1 aliphatic rings. The minimum atomic E-state index is 0.534. The third kappa shape index (κ3) is 3.36. The van der Waals surface area contributed by atoms with Gasteiger partial charge in [-0.2, -0.15) is 0 Å². The second kappa shape index (κ2) is 5.75. The van der Waals surface area contributed by atoms with E-state index in [9.17, 15) is 0 Å². The smallest absolute Gasteiger partial charge is 0.0207 e. The maximum atomic E-state index is 3.74. The monoisotopic (exact) mass is 309 g/mol. The highest BCUT2D eigenvalue weighted by Crippen LogP contribution is 2.54. The topological polar surface area (TPSA) is 12.0 Å². The number of halogens is 1. The van der Waals surface area contributed by atoms with Crippen molar-refractivity contribution in [3.63, 3.8) is 0 Å². The second-order valence-electron chi connectivity index (χ2n) is 6.16. The van der Waals surface area contributed by atoms with Gasteiger partial charge in [-0.3, -0.25) is 0 Å². The van der Waals surface area contributed by atoms with E-state index >= 15 is 0 Å². The molecule has 0 amide bonds. The number of nitrogens with one attached hydrogen (secondary N) is 1. The molecule has 0 spiro atoms. The van der Waals surface area contributed by atoms with Crippen molar-refractivity contribution in [2.75, 3.05) is 6.54 Å². The minimum Gasteiger partial charge on any atom is -0.313 e. The first-order chi connectivity index (χ1) is 8.54. The van der Waals surface area contributed by atoms with Crippen LogP contribution in [-0.4, -0.2) is 12.6 Å². The maximum absolute atomic E-state index is 3.74. The Balaban J connectivity index is 2.04. The third-order valence-electron chi connectivity index (χ3n) is 4.13. The summed E-state index contributed by atoms with van der Waals surface area (Å²) in [5, 5.41) is 3.74. The molecular weight excluding hydrogens is 286 g/mol. The molecule has 0 radical (unpaired) electrons. The summed E-state index contributed by atoms with van der Waals surface area (Å²) in [6.07, 6.45) is 3.70. The Morgan fingerprint density at radius 2 is 2.06 bits per heavy atom. The van der Waals surface area contributed by atoms with Crippen LogP contribution < -0.4 is 5.32 Å².